The summed E-state index contributed by atoms with van der Waals surface area (Å²) in [6, 6.07) is 21.2. The third kappa shape index (κ3) is 7.82. The molecule has 0 aliphatic carbocycles. The number of aryl methyl sites for hydroxylation is 2. The van der Waals surface area contributed by atoms with Crippen LogP contribution in [0.15, 0.2) is 72.8 Å². The molecule has 1 N–H and O–H groups in total. The van der Waals surface area contributed by atoms with E-state index in [0.29, 0.717) is 22.8 Å². The Bertz CT molecular complexity index is 1380. The first-order valence-corrected chi connectivity index (χ1v) is 14.6. The normalized spacial score (nSPS) is 12.0. The fraction of sp³-hybridized carbons (Fsp3) is 0.310. The van der Waals surface area contributed by atoms with Gasteiger partial charge in [0.15, 0.2) is 0 Å². The van der Waals surface area contributed by atoms with Gasteiger partial charge in [0.05, 0.1) is 11.9 Å². The molecule has 0 aliphatic rings. The molecule has 0 spiro atoms. The van der Waals surface area contributed by atoms with Crippen molar-refractivity contribution >= 4 is 39.1 Å². The highest BCUT2D eigenvalue weighted by Gasteiger charge is 2.33. The van der Waals surface area contributed by atoms with E-state index in [-0.39, 0.29) is 18.9 Å². The second-order valence-electron chi connectivity index (χ2n) is 9.31. The van der Waals surface area contributed by atoms with Crippen LogP contribution in [-0.2, 0) is 32.6 Å². The summed E-state index contributed by atoms with van der Waals surface area (Å²) in [4.78, 5) is 28.8. The van der Waals surface area contributed by atoms with Gasteiger partial charge in [0.2, 0.25) is 21.8 Å². The Morgan fingerprint density at radius 2 is 1.63 bits per heavy atom. The number of carbonyl (C=O) groups is 2. The molecule has 38 heavy (non-hydrogen) atoms. The van der Waals surface area contributed by atoms with E-state index in [1.807, 2.05) is 68.4 Å². The summed E-state index contributed by atoms with van der Waals surface area (Å²) in [6.45, 7) is 5.59. The molecule has 0 saturated heterocycles. The highest BCUT2D eigenvalue weighted by molar-refractivity contribution is 7.92. The number of rotatable bonds is 11. The summed E-state index contributed by atoms with van der Waals surface area (Å²) in [5.74, 6) is -0.800. The minimum atomic E-state index is -3.85. The van der Waals surface area contributed by atoms with Gasteiger partial charge >= 0.3 is 0 Å². The van der Waals surface area contributed by atoms with Gasteiger partial charge in [0.25, 0.3) is 0 Å². The number of likely N-dealkylation sites (N-methyl/N-ethyl adjacent to an activating group) is 1. The Morgan fingerprint density at radius 1 is 0.947 bits per heavy atom. The molecule has 3 rings (SSSR count). The molecule has 1 unspecified atom stereocenters. The van der Waals surface area contributed by atoms with Crippen molar-refractivity contribution in [2.45, 2.75) is 39.8 Å². The lowest BCUT2D eigenvalue weighted by atomic mass is 10.0. The second-order valence-corrected chi connectivity index (χ2v) is 11.7. The summed E-state index contributed by atoms with van der Waals surface area (Å²) >= 11 is 6.18. The minimum Gasteiger partial charge on any atom is -0.355 e. The lowest BCUT2D eigenvalue weighted by Gasteiger charge is -2.33. The van der Waals surface area contributed by atoms with Crippen LogP contribution in [-0.4, -0.2) is 50.5 Å². The first-order valence-electron chi connectivity index (χ1n) is 12.4. The van der Waals surface area contributed by atoms with Crippen LogP contribution in [0.2, 0.25) is 5.02 Å². The summed E-state index contributed by atoms with van der Waals surface area (Å²) in [7, 11) is -3.85. The van der Waals surface area contributed by atoms with E-state index < -0.39 is 28.5 Å². The van der Waals surface area contributed by atoms with Crippen molar-refractivity contribution in [3.63, 3.8) is 0 Å². The van der Waals surface area contributed by atoms with Crippen LogP contribution < -0.4 is 9.62 Å². The van der Waals surface area contributed by atoms with Gasteiger partial charge < -0.3 is 10.2 Å². The van der Waals surface area contributed by atoms with Crippen LogP contribution in [0.25, 0.3) is 0 Å². The number of carbonyl (C=O) groups excluding carboxylic acids is 2. The lowest BCUT2D eigenvalue weighted by Crippen LogP contribution is -2.53. The second kappa shape index (κ2) is 12.9. The maximum atomic E-state index is 14.0. The maximum absolute atomic E-state index is 14.0. The van der Waals surface area contributed by atoms with E-state index >= 15 is 0 Å². The zero-order valence-corrected chi connectivity index (χ0v) is 23.7. The molecule has 7 nitrogen and oxygen atoms in total. The Hall–Kier alpha value is -3.36. The number of nitrogens with one attached hydrogen (secondary N) is 1. The molecule has 0 bridgehead atoms. The minimum absolute atomic E-state index is 0.140. The van der Waals surface area contributed by atoms with Crippen molar-refractivity contribution in [3.8, 4) is 0 Å². The Balaban J connectivity index is 2.07. The molecule has 2 amide bonds. The lowest BCUT2D eigenvalue weighted by molar-refractivity contribution is -0.140. The first-order chi connectivity index (χ1) is 18.0. The Labute approximate surface area is 230 Å². The van der Waals surface area contributed by atoms with Gasteiger partial charge in [-0.2, -0.15) is 0 Å². The van der Waals surface area contributed by atoms with E-state index in [1.54, 1.807) is 19.1 Å². The van der Waals surface area contributed by atoms with Crippen molar-refractivity contribution in [2.75, 3.05) is 23.7 Å². The highest BCUT2D eigenvalue weighted by Crippen LogP contribution is 2.27. The number of benzene rings is 3. The summed E-state index contributed by atoms with van der Waals surface area (Å²) < 4.78 is 26.8. The number of amides is 2. The zero-order valence-electron chi connectivity index (χ0n) is 22.1. The average molecular weight is 556 g/mol. The summed E-state index contributed by atoms with van der Waals surface area (Å²) in [6.07, 6.45) is 1.33. The number of anilines is 1. The molecular weight excluding hydrogens is 522 g/mol. The van der Waals surface area contributed by atoms with Crippen LogP contribution in [0.4, 0.5) is 5.69 Å². The predicted molar refractivity (Wildman–Crippen MR) is 153 cm³/mol. The molecule has 3 aromatic carbocycles. The molecule has 0 aromatic heterocycles. The summed E-state index contributed by atoms with van der Waals surface area (Å²) in [5.41, 5.74) is 3.71. The SMILES string of the molecule is CCNC(=O)C(Cc1ccccc1)N(Cc1cccc(C)c1)C(=O)CN(c1cc(Cl)ccc1C)S(C)(=O)=O. The van der Waals surface area contributed by atoms with Crippen molar-refractivity contribution < 1.29 is 18.0 Å². The third-order valence-corrected chi connectivity index (χ3v) is 7.54. The fourth-order valence-electron chi connectivity index (χ4n) is 4.30. The van der Waals surface area contributed by atoms with Gasteiger partial charge in [-0.05, 0) is 49.6 Å². The molecule has 0 aliphatic heterocycles. The molecule has 0 radical (unpaired) electrons. The molecule has 3 aromatic rings. The number of halogens is 1. The van der Waals surface area contributed by atoms with E-state index in [4.69, 9.17) is 11.6 Å². The molecule has 0 fully saturated rings. The van der Waals surface area contributed by atoms with Gasteiger partial charge in [-0.3, -0.25) is 13.9 Å². The van der Waals surface area contributed by atoms with Gasteiger partial charge in [-0.25, -0.2) is 8.42 Å². The van der Waals surface area contributed by atoms with E-state index in [0.717, 1.165) is 27.3 Å². The van der Waals surface area contributed by atoms with E-state index in [9.17, 15) is 18.0 Å². The monoisotopic (exact) mass is 555 g/mol. The van der Waals surface area contributed by atoms with Crippen LogP contribution in [0.1, 0.15) is 29.2 Å². The van der Waals surface area contributed by atoms with Crippen molar-refractivity contribution in [1.29, 1.82) is 0 Å². The largest absolute Gasteiger partial charge is 0.355 e. The number of hydrogen-bond acceptors (Lipinski definition) is 4. The standard InChI is InChI=1S/C29H34ClN3O4S/c1-5-31-29(35)27(17-23-11-7-6-8-12-23)32(19-24-13-9-10-21(2)16-24)28(34)20-33(38(4,36)37)26-18-25(30)15-14-22(26)3/h6-16,18,27H,5,17,19-20H2,1-4H3,(H,31,35). The number of hydrogen-bond donors (Lipinski definition) is 1. The van der Waals surface area contributed by atoms with Crippen molar-refractivity contribution in [3.05, 3.63) is 100 Å². The van der Waals surface area contributed by atoms with Gasteiger partial charge in [0.1, 0.15) is 12.6 Å². The Kier molecular flexibility index (Phi) is 9.94. The number of sulfonamides is 1. The molecule has 202 valence electrons. The van der Waals surface area contributed by atoms with Crippen molar-refractivity contribution in [1.82, 2.24) is 10.2 Å². The first kappa shape index (κ1) is 29.2. The van der Waals surface area contributed by atoms with E-state index in [2.05, 4.69) is 5.32 Å². The predicted octanol–water partition coefficient (Wildman–Crippen LogP) is 4.50. The van der Waals surface area contributed by atoms with Gasteiger partial charge in [-0.1, -0.05) is 77.8 Å². The fourth-order valence-corrected chi connectivity index (χ4v) is 5.36. The quantitative estimate of drug-likeness (QED) is 0.377. The summed E-state index contributed by atoms with van der Waals surface area (Å²) in [5, 5.41) is 3.20. The maximum Gasteiger partial charge on any atom is 0.244 e. The Morgan fingerprint density at radius 3 is 2.26 bits per heavy atom. The van der Waals surface area contributed by atoms with Crippen LogP contribution in [0.5, 0.6) is 0 Å². The molecule has 9 heteroatoms. The van der Waals surface area contributed by atoms with E-state index in [1.165, 1.54) is 11.0 Å². The highest BCUT2D eigenvalue weighted by atomic mass is 35.5. The van der Waals surface area contributed by atoms with Gasteiger partial charge in [0, 0.05) is 24.5 Å². The van der Waals surface area contributed by atoms with Crippen molar-refractivity contribution in [2.24, 2.45) is 0 Å². The smallest absolute Gasteiger partial charge is 0.244 e. The zero-order chi connectivity index (χ0) is 27.9. The molecular formula is C29H34ClN3O4S. The molecule has 0 heterocycles. The average Bonchev–Trinajstić information content (AvgIpc) is 2.86. The topological polar surface area (TPSA) is 86.8 Å². The number of nitrogens with zero attached hydrogens (tertiary/aromatic N) is 2. The molecule has 1 atom stereocenters. The molecule has 0 saturated carbocycles. The van der Waals surface area contributed by atoms with Gasteiger partial charge in [-0.15, -0.1) is 0 Å². The van der Waals surface area contributed by atoms with Crippen LogP contribution in [0, 0.1) is 13.8 Å². The van der Waals surface area contributed by atoms with Crippen LogP contribution >= 0.6 is 11.6 Å². The van der Waals surface area contributed by atoms with Crippen LogP contribution in [0.3, 0.4) is 0 Å². The third-order valence-electron chi connectivity index (χ3n) is 6.18.